The van der Waals surface area contributed by atoms with Gasteiger partial charge >= 0.3 is 6.09 Å². The van der Waals surface area contributed by atoms with Crippen molar-refractivity contribution in [3.8, 4) is 0 Å². The van der Waals surface area contributed by atoms with E-state index in [9.17, 15) is 4.79 Å². The summed E-state index contributed by atoms with van der Waals surface area (Å²) in [4.78, 5) is 18.0. The number of carbonyl (C=O) groups is 1. The van der Waals surface area contributed by atoms with Crippen LogP contribution in [0.3, 0.4) is 0 Å². The van der Waals surface area contributed by atoms with E-state index >= 15 is 0 Å². The molecule has 0 spiro atoms. The van der Waals surface area contributed by atoms with E-state index in [0.717, 1.165) is 5.76 Å². The lowest BCUT2D eigenvalue weighted by Gasteiger charge is -2.50. The van der Waals surface area contributed by atoms with E-state index in [1.807, 2.05) is 30.1 Å². The normalized spacial score (nSPS) is 19.6. The van der Waals surface area contributed by atoms with Crippen LogP contribution in [0.1, 0.15) is 62.3 Å². The number of alkyl halides is 3. The molecule has 1 aromatic rings. The third kappa shape index (κ3) is 6.79. The summed E-state index contributed by atoms with van der Waals surface area (Å²) in [6.07, 6.45) is 3.23. The van der Waals surface area contributed by atoms with Crippen molar-refractivity contribution >= 4 is 55.0 Å². The fraction of sp³-hybridized carbons (Fsp3) is 0.680. The zero-order chi connectivity index (χ0) is 26.7. The Morgan fingerprint density at radius 1 is 1.06 bits per heavy atom. The van der Waals surface area contributed by atoms with Crippen LogP contribution in [0, 0.1) is 5.92 Å². The predicted molar refractivity (Wildman–Crippen MR) is 148 cm³/mol. The van der Waals surface area contributed by atoms with Gasteiger partial charge in [-0.15, -0.1) is 0 Å². The van der Waals surface area contributed by atoms with Crippen molar-refractivity contribution in [3.63, 3.8) is 0 Å². The number of carbonyl (C=O) groups excluding carboxylic acids is 1. The van der Waals surface area contributed by atoms with Crippen molar-refractivity contribution in [1.82, 2.24) is 9.99 Å². The zero-order valence-electron chi connectivity index (χ0n) is 22.3. The first-order valence-electron chi connectivity index (χ1n) is 12.3. The predicted octanol–water partition coefficient (Wildman–Crippen LogP) is 8.11. The Bertz CT molecular complexity index is 854. The van der Waals surface area contributed by atoms with Gasteiger partial charge in [0, 0.05) is 6.20 Å². The Labute approximate surface area is 227 Å². The number of hydrogen-bond donors (Lipinski definition) is 0. The summed E-state index contributed by atoms with van der Waals surface area (Å²) in [5.41, 5.74) is 1.14. The molecule has 1 aliphatic heterocycles. The molecule has 0 saturated heterocycles. The van der Waals surface area contributed by atoms with Crippen LogP contribution in [0.5, 0.6) is 0 Å². The van der Waals surface area contributed by atoms with Crippen molar-refractivity contribution in [2.45, 2.75) is 94.8 Å². The van der Waals surface area contributed by atoms with E-state index in [4.69, 9.17) is 44.0 Å². The molecule has 198 valence electrons. The summed E-state index contributed by atoms with van der Waals surface area (Å²) in [5.74, 6) is 1.54. The van der Waals surface area contributed by atoms with Gasteiger partial charge in [-0.05, 0) is 47.7 Å². The molecule has 0 aliphatic carbocycles. The van der Waals surface area contributed by atoms with Crippen LogP contribution in [0.4, 0.5) is 10.6 Å². The molecule has 1 aromatic heterocycles. The molecule has 2 heterocycles. The molecular formula is C25H40Cl3N3O3Si. The molecule has 0 bridgehead atoms. The van der Waals surface area contributed by atoms with Crippen molar-refractivity contribution in [1.29, 1.82) is 0 Å². The zero-order valence-corrected chi connectivity index (χ0v) is 25.5. The molecule has 0 N–H and O–H groups in total. The summed E-state index contributed by atoms with van der Waals surface area (Å²) < 4.78 is 10.8. The van der Waals surface area contributed by atoms with Gasteiger partial charge in [-0.2, -0.15) is 0 Å². The van der Waals surface area contributed by atoms with Crippen LogP contribution in [0.15, 0.2) is 36.2 Å². The van der Waals surface area contributed by atoms with Gasteiger partial charge in [-0.25, -0.2) is 14.8 Å². The van der Waals surface area contributed by atoms with Gasteiger partial charge in [0.25, 0.3) is 8.32 Å². The lowest BCUT2D eigenvalue weighted by molar-refractivity contribution is 0.0703. The van der Waals surface area contributed by atoms with Gasteiger partial charge in [-0.3, -0.25) is 5.01 Å². The second-order valence-electron chi connectivity index (χ2n) is 10.4. The first-order valence-corrected chi connectivity index (χ1v) is 15.5. The van der Waals surface area contributed by atoms with Crippen LogP contribution in [0.25, 0.3) is 0 Å². The number of nitrogens with zero attached hydrogens (tertiary/aromatic N) is 3. The third-order valence-electron chi connectivity index (χ3n) is 6.74. The lowest BCUT2D eigenvalue weighted by atomic mass is 9.99. The highest BCUT2D eigenvalue weighted by atomic mass is 35.6. The van der Waals surface area contributed by atoms with Gasteiger partial charge in [0.2, 0.25) is 3.79 Å². The molecular weight excluding hydrogens is 525 g/mol. The maximum Gasteiger partial charge on any atom is 0.429 e. The second kappa shape index (κ2) is 11.9. The first kappa shape index (κ1) is 30.1. The Morgan fingerprint density at radius 2 is 1.63 bits per heavy atom. The summed E-state index contributed by atoms with van der Waals surface area (Å²) >= 11 is 17.7. The number of aromatic nitrogens is 1. The molecule has 0 saturated carbocycles. The van der Waals surface area contributed by atoms with E-state index in [-0.39, 0.29) is 18.6 Å². The molecule has 1 aliphatic rings. The van der Waals surface area contributed by atoms with Crippen molar-refractivity contribution in [2.75, 3.05) is 11.6 Å². The average Bonchev–Trinajstić information content (AvgIpc) is 2.75. The fourth-order valence-corrected chi connectivity index (χ4v) is 10.7. The van der Waals surface area contributed by atoms with E-state index < -0.39 is 24.2 Å². The van der Waals surface area contributed by atoms with Crippen LogP contribution >= 0.6 is 34.8 Å². The van der Waals surface area contributed by atoms with Crippen molar-refractivity contribution in [2.24, 2.45) is 5.92 Å². The molecule has 0 radical (unpaired) electrons. The summed E-state index contributed by atoms with van der Waals surface area (Å²) in [7, 11) is -2.28. The maximum atomic E-state index is 13.5. The highest BCUT2D eigenvalue weighted by molar-refractivity contribution is 6.77. The highest BCUT2D eigenvalue weighted by Gasteiger charge is 2.50. The minimum Gasteiger partial charge on any atom is -0.544 e. The van der Waals surface area contributed by atoms with Gasteiger partial charge in [0.15, 0.2) is 0 Å². The van der Waals surface area contributed by atoms with E-state index in [2.05, 4.69) is 66.4 Å². The fourth-order valence-electron chi connectivity index (χ4n) is 5.19. The number of amides is 1. The minimum atomic E-state index is -2.28. The van der Waals surface area contributed by atoms with E-state index in [0.29, 0.717) is 22.4 Å². The Balaban J connectivity index is 2.64. The monoisotopic (exact) mass is 563 g/mol. The molecule has 0 fully saturated rings. The number of anilines is 1. The summed E-state index contributed by atoms with van der Waals surface area (Å²) in [5, 5.41) is 3.42. The van der Waals surface area contributed by atoms with Crippen LogP contribution in [-0.2, 0) is 9.16 Å². The Hall–Kier alpha value is -1.15. The maximum absolute atomic E-state index is 13.5. The Kier molecular flexibility index (Phi) is 10.2. The first-order chi connectivity index (χ1) is 16.1. The third-order valence-corrected chi connectivity index (χ3v) is 13.1. The number of hydrazine groups is 1. The van der Waals surface area contributed by atoms with Gasteiger partial charge < -0.3 is 9.16 Å². The van der Waals surface area contributed by atoms with Crippen LogP contribution in [-0.4, -0.2) is 46.9 Å². The smallest absolute Gasteiger partial charge is 0.429 e. The lowest BCUT2D eigenvalue weighted by Crippen LogP contribution is -2.62. The molecule has 1 amide bonds. The molecule has 35 heavy (non-hydrogen) atoms. The van der Waals surface area contributed by atoms with E-state index in [1.54, 1.807) is 11.2 Å². The molecule has 0 unspecified atom stereocenters. The average molecular weight is 565 g/mol. The van der Waals surface area contributed by atoms with Gasteiger partial charge in [-0.1, -0.05) is 96.3 Å². The second-order valence-corrected chi connectivity index (χ2v) is 18.3. The summed E-state index contributed by atoms with van der Waals surface area (Å²) in [6, 6.07) is 4.95. The summed E-state index contributed by atoms with van der Waals surface area (Å²) in [6.45, 7) is 19.2. The molecule has 6 nitrogen and oxygen atoms in total. The quantitative estimate of drug-likeness (QED) is 0.236. The standard InChI is InChI=1S/C25H40Cl3N3O3Si/c1-16(2)21-14-22(34-35(17(3)4,18(5)6)19(7)8)20(9)30(24(32)33-15-25(26,27)28)31(21)23-12-10-11-13-29-23/h10-14,16-21H,15H2,1-9H3/t20-,21-/m0/s1. The molecule has 2 atom stereocenters. The SMILES string of the molecule is CC(C)[C@@H]1C=C(O[Si](C(C)C)(C(C)C)C(C)C)[C@H](C)N(C(=O)OCC(Cl)(Cl)Cl)N1c1ccccn1. The van der Waals surface area contributed by atoms with Crippen LogP contribution < -0.4 is 5.01 Å². The van der Waals surface area contributed by atoms with Crippen molar-refractivity contribution in [3.05, 3.63) is 36.2 Å². The van der Waals surface area contributed by atoms with Gasteiger partial charge in [0.05, 0.1) is 6.04 Å². The molecule has 2 rings (SSSR count). The molecule has 10 heteroatoms. The largest absolute Gasteiger partial charge is 0.544 e. The number of ether oxygens (including phenoxy) is 1. The highest BCUT2D eigenvalue weighted by Crippen LogP contribution is 2.45. The minimum absolute atomic E-state index is 0.139. The van der Waals surface area contributed by atoms with Crippen molar-refractivity contribution < 1.29 is 14.0 Å². The molecule has 0 aromatic carbocycles. The van der Waals surface area contributed by atoms with Gasteiger partial charge in [0.1, 0.15) is 24.2 Å². The van der Waals surface area contributed by atoms with Crippen LogP contribution in [0.2, 0.25) is 16.6 Å². The number of hydrogen-bond acceptors (Lipinski definition) is 5. The number of halogens is 3. The number of pyridine rings is 1. The topological polar surface area (TPSA) is 54.9 Å². The number of rotatable bonds is 8. The Morgan fingerprint density at radius 3 is 2.06 bits per heavy atom. The van der Waals surface area contributed by atoms with E-state index in [1.165, 1.54) is 0 Å².